The Labute approximate surface area is 113 Å². The summed E-state index contributed by atoms with van der Waals surface area (Å²) in [5, 5.41) is 8.89. The highest BCUT2D eigenvalue weighted by molar-refractivity contribution is 5.83. The molecule has 102 valence electrons. The highest BCUT2D eigenvalue weighted by atomic mass is 16.4. The van der Waals surface area contributed by atoms with Gasteiger partial charge in [-0.05, 0) is 36.8 Å². The molecule has 0 bridgehead atoms. The van der Waals surface area contributed by atoms with E-state index in [4.69, 9.17) is 5.11 Å². The molecule has 4 heteroatoms. The zero-order valence-corrected chi connectivity index (χ0v) is 11.1. The van der Waals surface area contributed by atoms with E-state index in [2.05, 4.69) is 0 Å². The van der Waals surface area contributed by atoms with Crippen LogP contribution in [-0.2, 0) is 16.0 Å². The van der Waals surface area contributed by atoms with Gasteiger partial charge in [-0.3, -0.25) is 9.59 Å². The summed E-state index contributed by atoms with van der Waals surface area (Å²) in [4.78, 5) is 24.5. The predicted octanol–water partition coefficient (Wildman–Crippen LogP) is 1.86. The second-order valence-corrected chi connectivity index (χ2v) is 5.21. The van der Waals surface area contributed by atoms with Crippen LogP contribution in [0, 0.1) is 12.8 Å². The van der Waals surface area contributed by atoms with E-state index in [1.54, 1.807) is 0 Å². The molecule has 2 rings (SSSR count). The molecule has 1 N–H and O–H groups in total. The Morgan fingerprint density at radius 1 is 1.32 bits per heavy atom. The van der Waals surface area contributed by atoms with Gasteiger partial charge >= 0.3 is 5.97 Å². The van der Waals surface area contributed by atoms with Gasteiger partial charge in [0.2, 0.25) is 5.91 Å². The summed E-state index contributed by atoms with van der Waals surface area (Å²) in [5.74, 6) is -0.539. The fraction of sp³-hybridized carbons (Fsp3) is 0.467. The summed E-state index contributed by atoms with van der Waals surface area (Å²) in [5.41, 5.74) is 2.04. The van der Waals surface area contributed by atoms with Gasteiger partial charge in [-0.1, -0.05) is 24.3 Å². The third kappa shape index (κ3) is 4.09. The lowest BCUT2D eigenvalue weighted by atomic mass is 10.1. The molecule has 0 radical (unpaired) electrons. The molecule has 1 amide bonds. The molecule has 0 unspecified atom stereocenters. The van der Waals surface area contributed by atoms with Crippen LogP contribution in [0.25, 0.3) is 0 Å². The van der Waals surface area contributed by atoms with Crippen LogP contribution in [0.2, 0.25) is 0 Å². The highest BCUT2D eigenvalue weighted by Gasteiger charge is 2.27. The molecule has 4 nitrogen and oxygen atoms in total. The second-order valence-electron chi connectivity index (χ2n) is 5.21. The SMILES string of the molecule is Cc1ccccc1CC(=O)N(CC(=O)O)CC1CC1. The Hall–Kier alpha value is -1.84. The number of carbonyl (C=O) groups is 2. The van der Waals surface area contributed by atoms with E-state index >= 15 is 0 Å². The molecular weight excluding hydrogens is 242 g/mol. The van der Waals surface area contributed by atoms with Crippen LogP contribution in [0.4, 0.5) is 0 Å². The number of aliphatic carboxylic acids is 1. The maximum absolute atomic E-state index is 12.2. The van der Waals surface area contributed by atoms with Crippen molar-refractivity contribution in [1.29, 1.82) is 0 Å². The molecule has 1 saturated carbocycles. The summed E-state index contributed by atoms with van der Waals surface area (Å²) in [7, 11) is 0. The number of carbonyl (C=O) groups excluding carboxylic acids is 1. The Morgan fingerprint density at radius 3 is 2.58 bits per heavy atom. The highest BCUT2D eigenvalue weighted by Crippen LogP contribution is 2.29. The quantitative estimate of drug-likeness (QED) is 0.850. The third-order valence-corrected chi connectivity index (χ3v) is 3.46. The number of rotatable bonds is 6. The zero-order chi connectivity index (χ0) is 13.8. The minimum atomic E-state index is -0.946. The van der Waals surface area contributed by atoms with E-state index in [-0.39, 0.29) is 18.9 Å². The van der Waals surface area contributed by atoms with Gasteiger partial charge in [-0.2, -0.15) is 0 Å². The molecule has 0 saturated heterocycles. The minimum absolute atomic E-state index is 0.0939. The largest absolute Gasteiger partial charge is 0.480 e. The van der Waals surface area contributed by atoms with Gasteiger partial charge in [-0.25, -0.2) is 0 Å². The van der Waals surface area contributed by atoms with Crippen molar-refractivity contribution in [3.05, 3.63) is 35.4 Å². The maximum Gasteiger partial charge on any atom is 0.323 e. The van der Waals surface area contributed by atoms with Crippen molar-refractivity contribution in [2.45, 2.75) is 26.2 Å². The number of carboxylic acid groups (broad SMARTS) is 1. The van der Waals surface area contributed by atoms with E-state index in [1.165, 1.54) is 4.90 Å². The zero-order valence-electron chi connectivity index (χ0n) is 11.1. The molecule has 1 fully saturated rings. The van der Waals surface area contributed by atoms with Crippen LogP contribution in [0.15, 0.2) is 24.3 Å². The summed E-state index contributed by atoms with van der Waals surface area (Å²) < 4.78 is 0. The molecule has 1 aromatic rings. The molecule has 0 aromatic heterocycles. The van der Waals surface area contributed by atoms with Crippen molar-refractivity contribution in [3.8, 4) is 0 Å². The number of amides is 1. The smallest absolute Gasteiger partial charge is 0.323 e. The fourth-order valence-corrected chi connectivity index (χ4v) is 2.11. The van der Waals surface area contributed by atoms with Gasteiger partial charge in [0.25, 0.3) is 0 Å². The Kier molecular flexibility index (Phi) is 4.20. The molecule has 1 aliphatic rings. The van der Waals surface area contributed by atoms with Gasteiger partial charge in [-0.15, -0.1) is 0 Å². The molecule has 0 spiro atoms. The number of hydrogen-bond donors (Lipinski definition) is 1. The Bertz CT molecular complexity index is 480. The predicted molar refractivity (Wildman–Crippen MR) is 71.8 cm³/mol. The second kappa shape index (κ2) is 5.87. The van der Waals surface area contributed by atoms with Crippen LogP contribution in [0.5, 0.6) is 0 Å². The molecule has 1 aromatic carbocycles. The van der Waals surface area contributed by atoms with Gasteiger partial charge in [0.05, 0.1) is 6.42 Å². The maximum atomic E-state index is 12.2. The van der Waals surface area contributed by atoms with Crippen LogP contribution in [0.1, 0.15) is 24.0 Å². The van der Waals surface area contributed by atoms with E-state index in [0.29, 0.717) is 12.5 Å². The average Bonchev–Trinajstić information content (AvgIpc) is 3.14. The summed E-state index contributed by atoms with van der Waals surface area (Å²) in [6, 6.07) is 7.72. The molecule has 0 heterocycles. The first-order valence-corrected chi connectivity index (χ1v) is 6.60. The lowest BCUT2D eigenvalue weighted by Crippen LogP contribution is -2.38. The van der Waals surface area contributed by atoms with Crippen molar-refractivity contribution in [3.63, 3.8) is 0 Å². The molecule has 0 aliphatic heterocycles. The normalized spacial score (nSPS) is 14.2. The van der Waals surface area contributed by atoms with Crippen LogP contribution in [0.3, 0.4) is 0 Å². The van der Waals surface area contributed by atoms with Gasteiger partial charge in [0.1, 0.15) is 6.54 Å². The van der Waals surface area contributed by atoms with E-state index < -0.39 is 5.97 Å². The van der Waals surface area contributed by atoms with E-state index in [1.807, 2.05) is 31.2 Å². The van der Waals surface area contributed by atoms with Crippen molar-refractivity contribution in [2.75, 3.05) is 13.1 Å². The summed E-state index contributed by atoms with van der Waals surface area (Å²) in [6.07, 6.45) is 2.49. The van der Waals surface area contributed by atoms with Crippen molar-refractivity contribution in [1.82, 2.24) is 4.90 Å². The topological polar surface area (TPSA) is 57.6 Å². The molecule has 1 aliphatic carbocycles. The number of aryl methyl sites for hydroxylation is 1. The number of benzene rings is 1. The summed E-state index contributed by atoms with van der Waals surface area (Å²) in [6.45, 7) is 2.35. The molecular formula is C15H19NO3. The van der Waals surface area contributed by atoms with Gasteiger partial charge < -0.3 is 10.0 Å². The van der Waals surface area contributed by atoms with Crippen molar-refractivity contribution < 1.29 is 14.7 Å². The van der Waals surface area contributed by atoms with Gasteiger partial charge in [0.15, 0.2) is 0 Å². The molecule has 0 atom stereocenters. The first-order valence-electron chi connectivity index (χ1n) is 6.60. The first-order chi connectivity index (χ1) is 9.06. The average molecular weight is 261 g/mol. The monoisotopic (exact) mass is 261 g/mol. The standard InChI is InChI=1S/C15H19NO3/c1-11-4-2-3-5-13(11)8-14(17)16(10-15(18)19)9-12-6-7-12/h2-5,12H,6-10H2,1H3,(H,18,19). The van der Waals surface area contributed by atoms with Crippen molar-refractivity contribution >= 4 is 11.9 Å². The Balaban J connectivity index is 2.01. The fourth-order valence-electron chi connectivity index (χ4n) is 2.11. The number of hydrogen-bond acceptors (Lipinski definition) is 2. The van der Waals surface area contributed by atoms with Crippen LogP contribution >= 0.6 is 0 Å². The minimum Gasteiger partial charge on any atom is -0.480 e. The lowest BCUT2D eigenvalue weighted by Gasteiger charge is -2.21. The van der Waals surface area contributed by atoms with Crippen molar-refractivity contribution in [2.24, 2.45) is 5.92 Å². The van der Waals surface area contributed by atoms with Crippen LogP contribution < -0.4 is 0 Å². The Morgan fingerprint density at radius 2 is 2.00 bits per heavy atom. The van der Waals surface area contributed by atoms with E-state index in [9.17, 15) is 9.59 Å². The number of carboxylic acids is 1. The molecule has 19 heavy (non-hydrogen) atoms. The van der Waals surface area contributed by atoms with E-state index in [0.717, 1.165) is 24.0 Å². The van der Waals surface area contributed by atoms with Crippen LogP contribution in [-0.4, -0.2) is 35.0 Å². The lowest BCUT2D eigenvalue weighted by molar-refractivity contribution is -0.144. The van der Waals surface area contributed by atoms with Gasteiger partial charge in [0, 0.05) is 6.54 Å². The number of nitrogens with zero attached hydrogens (tertiary/aromatic N) is 1. The summed E-state index contributed by atoms with van der Waals surface area (Å²) >= 11 is 0. The first kappa shape index (κ1) is 13.6. The third-order valence-electron chi connectivity index (χ3n) is 3.46.